The van der Waals surface area contributed by atoms with Crippen LogP contribution in [0.5, 0.6) is 0 Å². The third-order valence-corrected chi connectivity index (χ3v) is 5.44. The molecule has 0 unspecified atom stereocenters. The van der Waals surface area contributed by atoms with E-state index in [-0.39, 0.29) is 5.56 Å². The molecule has 0 spiro atoms. The predicted octanol–water partition coefficient (Wildman–Crippen LogP) is 4.40. The van der Waals surface area contributed by atoms with E-state index >= 15 is 0 Å². The number of aromatic nitrogens is 3. The number of furan rings is 1. The number of rotatable bonds is 5. The Labute approximate surface area is 174 Å². The summed E-state index contributed by atoms with van der Waals surface area (Å²) in [5, 5.41) is 7.93. The van der Waals surface area contributed by atoms with Crippen molar-refractivity contribution in [1.82, 2.24) is 14.4 Å². The summed E-state index contributed by atoms with van der Waals surface area (Å²) in [7, 11) is 0. The lowest BCUT2D eigenvalue weighted by molar-refractivity contribution is 0.585. The minimum Gasteiger partial charge on any atom is -0.449 e. The first-order valence-corrected chi connectivity index (χ1v) is 9.98. The highest BCUT2D eigenvalue weighted by molar-refractivity contribution is 7.22. The Morgan fingerprint density at radius 2 is 2.03 bits per heavy atom. The summed E-state index contributed by atoms with van der Waals surface area (Å²) in [6.45, 7) is 1.90. The monoisotopic (exact) mass is 416 g/mol. The van der Waals surface area contributed by atoms with Gasteiger partial charge in [0.15, 0.2) is 5.88 Å². The number of aryl methyl sites for hydroxylation is 1. The van der Waals surface area contributed by atoms with Crippen molar-refractivity contribution in [3.8, 4) is 0 Å². The zero-order valence-corrected chi connectivity index (χ0v) is 16.7. The maximum atomic E-state index is 13.1. The highest BCUT2D eigenvalue weighted by Gasteiger charge is 2.14. The second-order valence-electron chi connectivity index (χ2n) is 6.52. The number of hydrogen-bond donors (Lipinski definition) is 2. The number of nitrogens with zero attached hydrogens (tertiary/aromatic N) is 4. The van der Waals surface area contributed by atoms with Crippen LogP contribution >= 0.6 is 11.3 Å². The van der Waals surface area contributed by atoms with Crippen LogP contribution < -0.4 is 16.3 Å². The van der Waals surface area contributed by atoms with Crippen molar-refractivity contribution >= 4 is 50.2 Å². The summed E-state index contributed by atoms with van der Waals surface area (Å²) < 4.78 is 7.91. The Bertz CT molecular complexity index is 1400. The zero-order valence-electron chi connectivity index (χ0n) is 15.9. The van der Waals surface area contributed by atoms with Gasteiger partial charge in [0.05, 0.1) is 22.7 Å². The third kappa shape index (κ3) is 3.31. The van der Waals surface area contributed by atoms with Gasteiger partial charge in [-0.15, -0.1) is 0 Å². The van der Waals surface area contributed by atoms with Gasteiger partial charge in [0.2, 0.25) is 5.13 Å². The van der Waals surface area contributed by atoms with Crippen molar-refractivity contribution in [3.63, 3.8) is 0 Å². The Balaban J connectivity index is 1.54. The van der Waals surface area contributed by atoms with Gasteiger partial charge in [-0.25, -0.2) is 9.97 Å². The zero-order chi connectivity index (χ0) is 20.5. The molecule has 0 aliphatic heterocycles. The van der Waals surface area contributed by atoms with Crippen molar-refractivity contribution in [2.75, 3.05) is 10.7 Å². The number of pyridine rings is 1. The molecule has 9 heteroatoms. The molecule has 0 bridgehead atoms. The van der Waals surface area contributed by atoms with Gasteiger partial charge in [-0.2, -0.15) is 5.10 Å². The quantitative estimate of drug-likeness (QED) is 0.326. The minimum atomic E-state index is -0.243. The van der Waals surface area contributed by atoms with Gasteiger partial charge in [-0.3, -0.25) is 14.6 Å². The lowest BCUT2D eigenvalue weighted by atomic mass is 10.2. The minimum absolute atomic E-state index is 0.243. The van der Waals surface area contributed by atoms with E-state index in [1.165, 1.54) is 22.0 Å². The van der Waals surface area contributed by atoms with Crippen LogP contribution in [0.1, 0.15) is 11.1 Å². The molecule has 0 aliphatic carbocycles. The molecular weight excluding hydrogens is 400 g/mol. The predicted molar refractivity (Wildman–Crippen MR) is 119 cm³/mol. The molecule has 8 nitrogen and oxygen atoms in total. The van der Waals surface area contributed by atoms with E-state index in [0.717, 1.165) is 15.8 Å². The number of hydrogen-bond acceptors (Lipinski definition) is 8. The van der Waals surface area contributed by atoms with Gasteiger partial charge in [-0.1, -0.05) is 29.5 Å². The second kappa shape index (κ2) is 7.45. The molecule has 0 radical (unpaired) electrons. The maximum Gasteiger partial charge on any atom is 0.268 e. The molecule has 0 amide bonds. The van der Waals surface area contributed by atoms with E-state index in [9.17, 15) is 4.79 Å². The first-order chi connectivity index (χ1) is 14.7. The second-order valence-corrected chi connectivity index (χ2v) is 7.55. The van der Waals surface area contributed by atoms with E-state index in [0.29, 0.717) is 28.0 Å². The van der Waals surface area contributed by atoms with Crippen LogP contribution in [0.25, 0.3) is 15.9 Å². The van der Waals surface area contributed by atoms with E-state index in [1.54, 1.807) is 24.6 Å². The average Bonchev–Trinajstić information content (AvgIpc) is 3.40. The van der Waals surface area contributed by atoms with E-state index in [2.05, 4.69) is 25.8 Å². The molecule has 2 N–H and O–H groups in total. The molecule has 0 aliphatic rings. The van der Waals surface area contributed by atoms with E-state index in [4.69, 9.17) is 4.42 Å². The molecular formula is C21H16N6O2S. The Morgan fingerprint density at radius 3 is 2.87 bits per heavy atom. The standard InChI is InChI=1S/C21H16N6O2S/c1-13-6-4-10-27-19(13)25-18(24-17-9-5-11-29-17)14(20(27)28)12-22-26-21-23-15-7-2-3-8-16(15)30-21/h2-12,24H,1H3,(H,23,26). The molecule has 0 atom stereocenters. The van der Waals surface area contributed by atoms with Crippen LogP contribution in [-0.4, -0.2) is 20.6 Å². The number of para-hydroxylation sites is 1. The number of hydrazone groups is 1. The lowest BCUT2D eigenvalue weighted by Gasteiger charge is -2.10. The summed E-state index contributed by atoms with van der Waals surface area (Å²) in [4.78, 5) is 22.2. The molecule has 4 aromatic heterocycles. The molecule has 5 rings (SSSR count). The first kappa shape index (κ1) is 18.1. The summed E-state index contributed by atoms with van der Waals surface area (Å²) in [6, 6.07) is 15.1. The van der Waals surface area contributed by atoms with Gasteiger partial charge >= 0.3 is 0 Å². The summed E-state index contributed by atoms with van der Waals surface area (Å²) in [5.41, 5.74) is 5.29. The summed E-state index contributed by atoms with van der Waals surface area (Å²) in [5.74, 6) is 0.840. The number of anilines is 3. The smallest absolute Gasteiger partial charge is 0.268 e. The van der Waals surface area contributed by atoms with Crippen molar-refractivity contribution < 1.29 is 4.42 Å². The molecule has 0 fully saturated rings. The van der Waals surface area contributed by atoms with Crippen molar-refractivity contribution in [1.29, 1.82) is 0 Å². The van der Waals surface area contributed by atoms with Gasteiger partial charge in [0.1, 0.15) is 17.0 Å². The van der Waals surface area contributed by atoms with Crippen LogP contribution in [0.15, 0.2) is 75.3 Å². The molecule has 0 saturated carbocycles. The van der Waals surface area contributed by atoms with Crippen molar-refractivity contribution in [2.45, 2.75) is 6.92 Å². The van der Waals surface area contributed by atoms with Crippen molar-refractivity contribution in [3.05, 3.63) is 82.5 Å². The Kier molecular flexibility index (Phi) is 4.49. The van der Waals surface area contributed by atoms with Crippen LogP contribution in [0.4, 0.5) is 16.8 Å². The average molecular weight is 416 g/mol. The molecule has 1 aromatic carbocycles. The van der Waals surface area contributed by atoms with Crippen LogP contribution in [0.3, 0.4) is 0 Å². The molecule has 5 aromatic rings. The number of nitrogens with one attached hydrogen (secondary N) is 2. The SMILES string of the molecule is Cc1cccn2c(=O)c(C=NNc3nc4ccccc4s3)c(Nc3ccco3)nc12. The van der Waals surface area contributed by atoms with Gasteiger partial charge < -0.3 is 9.73 Å². The summed E-state index contributed by atoms with van der Waals surface area (Å²) >= 11 is 1.48. The Morgan fingerprint density at radius 1 is 1.13 bits per heavy atom. The first-order valence-electron chi connectivity index (χ1n) is 9.16. The number of thiazole rings is 1. The van der Waals surface area contributed by atoms with E-state index < -0.39 is 0 Å². The fourth-order valence-electron chi connectivity index (χ4n) is 3.06. The highest BCUT2D eigenvalue weighted by Crippen LogP contribution is 2.25. The van der Waals surface area contributed by atoms with Crippen LogP contribution in [0, 0.1) is 6.92 Å². The lowest BCUT2D eigenvalue weighted by Crippen LogP contribution is -2.22. The fourth-order valence-corrected chi connectivity index (χ4v) is 3.88. The van der Waals surface area contributed by atoms with Crippen LogP contribution in [-0.2, 0) is 0 Å². The molecule has 30 heavy (non-hydrogen) atoms. The highest BCUT2D eigenvalue weighted by atomic mass is 32.1. The molecule has 148 valence electrons. The fraction of sp³-hybridized carbons (Fsp3) is 0.0476. The number of fused-ring (bicyclic) bond motifs is 2. The summed E-state index contributed by atoms with van der Waals surface area (Å²) in [6.07, 6.45) is 4.68. The van der Waals surface area contributed by atoms with E-state index in [1.807, 2.05) is 43.3 Å². The van der Waals surface area contributed by atoms with Gasteiger partial charge in [-0.05, 0) is 36.8 Å². The number of benzene rings is 1. The molecule has 0 saturated heterocycles. The normalized spacial score (nSPS) is 11.5. The van der Waals surface area contributed by atoms with Crippen LogP contribution in [0.2, 0.25) is 0 Å². The van der Waals surface area contributed by atoms with Gasteiger partial charge in [0.25, 0.3) is 5.56 Å². The van der Waals surface area contributed by atoms with Gasteiger partial charge in [0, 0.05) is 12.3 Å². The largest absolute Gasteiger partial charge is 0.449 e. The molecule has 4 heterocycles. The maximum absolute atomic E-state index is 13.1. The topological polar surface area (TPSA) is 96.8 Å². The third-order valence-electron chi connectivity index (χ3n) is 4.49. The van der Waals surface area contributed by atoms with Crippen molar-refractivity contribution in [2.24, 2.45) is 5.10 Å². The Hall–Kier alpha value is -3.98.